The molecule has 1 N–H and O–H groups in total. The lowest BCUT2D eigenvalue weighted by Gasteiger charge is -2.07. The van der Waals surface area contributed by atoms with Crippen molar-refractivity contribution in [3.05, 3.63) is 83.9 Å². The van der Waals surface area contributed by atoms with Gasteiger partial charge in [0.05, 0.1) is 17.2 Å². The van der Waals surface area contributed by atoms with Crippen LogP contribution >= 0.6 is 0 Å². The molecule has 5 heteroatoms. The molecule has 0 saturated heterocycles. The van der Waals surface area contributed by atoms with Gasteiger partial charge < -0.3 is 10.1 Å². The second kappa shape index (κ2) is 7.98. The summed E-state index contributed by atoms with van der Waals surface area (Å²) in [5.74, 6) is -0.216. The van der Waals surface area contributed by atoms with Crippen LogP contribution in [0, 0.1) is 11.3 Å². The Balaban J connectivity index is 1.67. The van der Waals surface area contributed by atoms with Gasteiger partial charge in [0, 0.05) is 12.6 Å². The maximum Gasteiger partial charge on any atom is 0.343 e. The van der Waals surface area contributed by atoms with Crippen molar-refractivity contribution in [1.29, 1.82) is 5.26 Å². The van der Waals surface area contributed by atoms with E-state index in [4.69, 9.17) is 10.00 Å². The summed E-state index contributed by atoms with van der Waals surface area (Å²) in [6.45, 7) is 1.42. The third-order valence-corrected chi connectivity index (χ3v) is 3.85. The van der Waals surface area contributed by atoms with Crippen molar-refractivity contribution in [3.8, 4) is 22.9 Å². The number of hydrogen-bond acceptors (Lipinski definition) is 4. The van der Waals surface area contributed by atoms with Gasteiger partial charge in [-0.05, 0) is 59.7 Å². The molecule has 0 bridgehead atoms. The van der Waals surface area contributed by atoms with E-state index in [1.165, 1.54) is 6.92 Å². The van der Waals surface area contributed by atoms with Gasteiger partial charge in [-0.1, -0.05) is 24.3 Å². The molecular weight excluding hydrogens is 340 g/mol. The molecule has 0 fully saturated rings. The van der Waals surface area contributed by atoms with Crippen LogP contribution < -0.4 is 10.1 Å². The third kappa shape index (κ3) is 4.59. The lowest BCUT2D eigenvalue weighted by atomic mass is 10.0. The molecule has 0 aliphatic rings. The van der Waals surface area contributed by atoms with Crippen LogP contribution in [-0.4, -0.2) is 11.9 Å². The number of nitriles is 1. The van der Waals surface area contributed by atoms with Gasteiger partial charge in [0.2, 0.25) is 5.91 Å². The van der Waals surface area contributed by atoms with Gasteiger partial charge >= 0.3 is 5.97 Å². The number of carbonyl (C=O) groups is 2. The fourth-order valence-corrected chi connectivity index (χ4v) is 2.51. The van der Waals surface area contributed by atoms with Gasteiger partial charge in [0.1, 0.15) is 5.75 Å². The smallest absolute Gasteiger partial charge is 0.343 e. The molecule has 0 saturated carbocycles. The van der Waals surface area contributed by atoms with Gasteiger partial charge in [0.25, 0.3) is 0 Å². The van der Waals surface area contributed by atoms with Crippen LogP contribution in [0.15, 0.2) is 72.8 Å². The molecule has 0 aromatic heterocycles. The molecule has 5 nitrogen and oxygen atoms in total. The first kappa shape index (κ1) is 17.9. The first-order chi connectivity index (χ1) is 13.0. The quantitative estimate of drug-likeness (QED) is 0.555. The van der Waals surface area contributed by atoms with E-state index in [1.807, 2.05) is 24.3 Å². The second-order valence-electron chi connectivity index (χ2n) is 5.86. The molecule has 27 heavy (non-hydrogen) atoms. The molecule has 0 unspecified atom stereocenters. The number of hydrogen-bond donors (Lipinski definition) is 1. The van der Waals surface area contributed by atoms with Crippen molar-refractivity contribution in [1.82, 2.24) is 0 Å². The molecular formula is C22H16N2O3. The van der Waals surface area contributed by atoms with Gasteiger partial charge in [-0.15, -0.1) is 0 Å². The molecule has 1 amide bonds. The number of amides is 1. The molecule has 3 rings (SSSR count). The van der Waals surface area contributed by atoms with Gasteiger partial charge in [0.15, 0.2) is 0 Å². The minimum Gasteiger partial charge on any atom is -0.423 e. The van der Waals surface area contributed by atoms with Crippen LogP contribution in [0.2, 0.25) is 0 Å². The molecule has 0 heterocycles. The first-order valence-electron chi connectivity index (χ1n) is 8.25. The summed E-state index contributed by atoms with van der Waals surface area (Å²) in [4.78, 5) is 23.3. The Labute approximate surface area is 156 Å². The minimum atomic E-state index is -0.476. The number of anilines is 1. The number of nitrogens with one attached hydrogen (secondary N) is 1. The van der Waals surface area contributed by atoms with Crippen LogP contribution in [0.4, 0.5) is 5.69 Å². The van der Waals surface area contributed by atoms with Crippen molar-refractivity contribution in [2.75, 3.05) is 5.32 Å². The lowest BCUT2D eigenvalue weighted by Crippen LogP contribution is -2.09. The Morgan fingerprint density at radius 1 is 0.852 bits per heavy atom. The molecule has 3 aromatic rings. The second-order valence-corrected chi connectivity index (χ2v) is 5.86. The summed E-state index contributed by atoms with van der Waals surface area (Å²) in [7, 11) is 0. The number of rotatable bonds is 4. The summed E-state index contributed by atoms with van der Waals surface area (Å²) >= 11 is 0. The Bertz CT molecular complexity index is 999. The number of carbonyl (C=O) groups excluding carboxylic acids is 2. The minimum absolute atomic E-state index is 0.173. The SMILES string of the molecule is CC(=O)Nc1ccc(C(=O)Oc2ccc(-c3ccc(C#N)cc3)cc2)cc1. The lowest BCUT2D eigenvalue weighted by molar-refractivity contribution is -0.114. The summed E-state index contributed by atoms with van der Waals surface area (Å²) in [6.07, 6.45) is 0. The van der Waals surface area contributed by atoms with E-state index in [1.54, 1.807) is 48.5 Å². The third-order valence-electron chi connectivity index (χ3n) is 3.85. The highest BCUT2D eigenvalue weighted by atomic mass is 16.5. The Morgan fingerprint density at radius 3 is 1.93 bits per heavy atom. The van der Waals surface area contributed by atoms with E-state index < -0.39 is 5.97 Å². The van der Waals surface area contributed by atoms with Crippen molar-refractivity contribution in [2.24, 2.45) is 0 Å². The molecule has 0 spiro atoms. The summed E-state index contributed by atoms with van der Waals surface area (Å²) < 4.78 is 5.38. The van der Waals surface area contributed by atoms with Crippen LogP contribution in [0.3, 0.4) is 0 Å². The summed E-state index contributed by atoms with van der Waals surface area (Å²) in [5.41, 5.74) is 3.54. The Morgan fingerprint density at radius 2 is 1.41 bits per heavy atom. The maximum absolute atomic E-state index is 12.2. The number of ether oxygens (including phenoxy) is 1. The predicted octanol–water partition coefficient (Wildman–Crippen LogP) is 4.40. The van der Waals surface area contributed by atoms with Gasteiger partial charge in [-0.25, -0.2) is 4.79 Å². The van der Waals surface area contributed by atoms with Crippen molar-refractivity contribution >= 4 is 17.6 Å². The van der Waals surface area contributed by atoms with Crippen molar-refractivity contribution in [3.63, 3.8) is 0 Å². The van der Waals surface area contributed by atoms with E-state index in [9.17, 15) is 9.59 Å². The van der Waals surface area contributed by atoms with E-state index in [0.717, 1.165) is 11.1 Å². The average Bonchev–Trinajstić information content (AvgIpc) is 2.69. The van der Waals surface area contributed by atoms with E-state index in [-0.39, 0.29) is 5.91 Å². The Kier molecular flexibility index (Phi) is 5.29. The van der Waals surface area contributed by atoms with Crippen molar-refractivity contribution < 1.29 is 14.3 Å². The largest absolute Gasteiger partial charge is 0.423 e. The normalized spacial score (nSPS) is 9.93. The Hall–Kier alpha value is -3.91. The van der Waals surface area contributed by atoms with Crippen molar-refractivity contribution in [2.45, 2.75) is 6.92 Å². The number of esters is 1. The highest BCUT2D eigenvalue weighted by molar-refractivity contribution is 5.93. The maximum atomic E-state index is 12.2. The zero-order valence-electron chi connectivity index (χ0n) is 14.6. The molecule has 3 aromatic carbocycles. The van der Waals surface area contributed by atoms with Crippen LogP contribution in [-0.2, 0) is 4.79 Å². The van der Waals surface area contributed by atoms with Crippen LogP contribution in [0.5, 0.6) is 5.75 Å². The number of nitrogens with zero attached hydrogens (tertiary/aromatic N) is 1. The molecule has 0 radical (unpaired) electrons. The zero-order chi connectivity index (χ0) is 19.2. The predicted molar refractivity (Wildman–Crippen MR) is 102 cm³/mol. The molecule has 0 aliphatic heterocycles. The van der Waals surface area contributed by atoms with Gasteiger partial charge in [-0.2, -0.15) is 5.26 Å². The summed E-state index contributed by atoms with van der Waals surface area (Å²) in [5, 5.41) is 11.5. The van der Waals surface area contributed by atoms with E-state index in [0.29, 0.717) is 22.6 Å². The standard InChI is InChI=1S/C22H16N2O3/c1-15(25)24-20-10-6-19(7-11-20)22(26)27-21-12-8-18(9-13-21)17-4-2-16(14-23)3-5-17/h2-13H,1H3,(H,24,25). The van der Waals surface area contributed by atoms with Gasteiger partial charge in [-0.3, -0.25) is 4.79 Å². The highest BCUT2D eigenvalue weighted by Gasteiger charge is 2.09. The molecule has 0 atom stereocenters. The fourth-order valence-electron chi connectivity index (χ4n) is 2.51. The molecule has 0 aliphatic carbocycles. The average molecular weight is 356 g/mol. The topological polar surface area (TPSA) is 79.2 Å². The van der Waals surface area contributed by atoms with E-state index in [2.05, 4.69) is 11.4 Å². The zero-order valence-corrected chi connectivity index (χ0v) is 14.6. The number of benzene rings is 3. The fraction of sp³-hybridized carbons (Fsp3) is 0.0455. The first-order valence-corrected chi connectivity index (χ1v) is 8.25. The monoisotopic (exact) mass is 356 g/mol. The molecule has 132 valence electrons. The van der Waals surface area contributed by atoms with Crippen LogP contribution in [0.25, 0.3) is 11.1 Å². The van der Waals surface area contributed by atoms with E-state index >= 15 is 0 Å². The summed E-state index contributed by atoms with van der Waals surface area (Å²) in [6, 6.07) is 23.0. The highest BCUT2D eigenvalue weighted by Crippen LogP contribution is 2.23. The van der Waals surface area contributed by atoms with Crippen LogP contribution in [0.1, 0.15) is 22.8 Å².